The van der Waals surface area contributed by atoms with E-state index in [4.69, 9.17) is 0 Å². The van der Waals surface area contributed by atoms with Crippen LogP contribution in [0.4, 0.5) is 0 Å². The Morgan fingerprint density at radius 2 is 1.80 bits per heavy atom. The number of benzene rings is 1. The third kappa shape index (κ3) is 2.90. The average Bonchev–Trinajstić information content (AvgIpc) is 2.83. The molecule has 20 heavy (non-hydrogen) atoms. The first-order chi connectivity index (χ1) is 9.63. The minimum Gasteiger partial charge on any atom is -0.234 e. The molecule has 0 bridgehead atoms. The number of rotatable bonds is 1. The molecule has 2 heterocycles. The molecule has 3 rings (SSSR count). The SMILES string of the molecule is CC.Cc1cc(C)nc(-n2ncc3ccc(Br)cc32)c1. The van der Waals surface area contributed by atoms with Gasteiger partial charge in [0.25, 0.3) is 0 Å². The molecule has 0 aliphatic carbocycles. The number of aryl methyl sites for hydroxylation is 2. The van der Waals surface area contributed by atoms with Gasteiger partial charge in [-0.1, -0.05) is 35.8 Å². The van der Waals surface area contributed by atoms with Crippen LogP contribution in [0.5, 0.6) is 0 Å². The van der Waals surface area contributed by atoms with Gasteiger partial charge in [0.2, 0.25) is 0 Å². The first-order valence-electron chi connectivity index (χ1n) is 6.72. The summed E-state index contributed by atoms with van der Waals surface area (Å²) in [5.41, 5.74) is 3.25. The zero-order valence-electron chi connectivity index (χ0n) is 12.2. The van der Waals surface area contributed by atoms with Crippen LogP contribution in [0.25, 0.3) is 16.7 Å². The molecule has 0 saturated heterocycles. The third-order valence-electron chi connectivity index (χ3n) is 2.83. The van der Waals surface area contributed by atoms with Gasteiger partial charge in [-0.2, -0.15) is 5.10 Å². The highest BCUT2D eigenvalue weighted by molar-refractivity contribution is 9.10. The summed E-state index contributed by atoms with van der Waals surface area (Å²) in [5.74, 6) is 0.862. The number of aromatic nitrogens is 3. The normalized spacial score (nSPS) is 10.2. The zero-order chi connectivity index (χ0) is 14.7. The molecule has 0 spiro atoms. The van der Waals surface area contributed by atoms with Crippen LogP contribution >= 0.6 is 15.9 Å². The molecular weight excluding hydrogens is 314 g/mol. The molecule has 0 aliphatic rings. The van der Waals surface area contributed by atoms with Crippen LogP contribution < -0.4 is 0 Å². The van der Waals surface area contributed by atoms with Crippen molar-refractivity contribution in [2.24, 2.45) is 0 Å². The topological polar surface area (TPSA) is 30.7 Å². The molecule has 0 atom stereocenters. The van der Waals surface area contributed by atoms with Crippen molar-refractivity contribution in [2.75, 3.05) is 0 Å². The Hall–Kier alpha value is -1.68. The van der Waals surface area contributed by atoms with Crippen molar-refractivity contribution < 1.29 is 0 Å². The van der Waals surface area contributed by atoms with E-state index in [2.05, 4.69) is 45.1 Å². The van der Waals surface area contributed by atoms with Gasteiger partial charge in [0.05, 0.1) is 11.7 Å². The first kappa shape index (κ1) is 14.7. The molecule has 1 aromatic carbocycles. The van der Waals surface area contributed by atoms with Gasteiger partial charge < -0.3 is 0 Å². The molecule has 4 heteroatoms. The minimum atomic E-state index is 0.862. The summed E-state index contributed by atoms with van der Waals surface area (Å²) in [7, 11) is 0. The first-order valence-corrected chi connectivity index (χ1v) is 7.52. The van der Waals surface area contributed by atoms with Crippen LogP contribution in [0.1, 0.15) is 25.1 Å². The molecule has 0 amide bonds. The Morgan fingerprint density at radius 1 is 1.05 bits per heavy atom. The van der Waals surface area contributed by atoms with Crippen molar-refractivity contribution in [1.29, 1.82) is 0 Å². The van der Waals surface area contributed by atoms with E-state index >= 15 is 0 Å². The largest absolute Gasteiger partial charge is 0.234 e. The molecule has 3 aromatic rings. The van der Waals surface area contributed by atoms with E-state index < -0.39 is 0 Å². The van der Waals surface area contributed by atoms with Gasteiger partial charge in [-0.15, -0.1) is 0 Å². The lowest BCUT2D eigenvalue weighted by Gasteiger charge is -2.05. The van der Waals surface area contributed by atoms with Crippen molar-refractivity contribution in [1.82, 2.24) is 14.8 Å². The van der Waals surface area contributed by atoms with E-state index in [0.29, 0.717) is 0 Å². The molecular formula is C16H18BrN3. The molecule has 0 aliphatic heterocycles. The molecule has 0 saturated carbocycles. The Balaban J connectivity index is 0.000000704. The molecule has 104 valence electrons. The van der Waals surface area contributed by atoms with E-state index in [1.54, 1.807) is 0 Å². The van der Waals surface area contributed by atoms with Crippen molar-refractivity contribution >= 4 is 26.8 Å². The predicted octanol–water partition coefficient (Wildman–Crippen LogP) is 4.83. The van der Waals surface area contributed by atoms with Gasteiger partial charge in [0.15, 0.2) is 5.82 Å². The summed E-state index contributed by atoms with van der Waals surface area (Å²) in [5, 5.41) is 5.53. The van der Waals surface area contributed by atoms with E-state index in [1.165, 1.54) is 5.56 Å². The van der Waals surface area contributed by atoms with Crippen LogP contribution in [0.15, 0.2) is 41.0 Å². The maximum atomic E-state index is 4.54. The van der Waals surface area contributed by atoms with Gasteiger partial charge in [-0.05, 0) is 43.7 Å². The lowest BCUT2D eigenvalue weighted by Crippen LogP contribution is -2.01. The summed E-state index contributed by atoms with van der Waals surface area (Å²) in [6, 6.07) is 10.2. The molecule has 0 fully saturated rings. The van der Waals surface area contributed by atoms with Gasteiger partial charge in [0, 0.05) is 15.6 Å². The van der Waals surface area contributed by atoms with E-state index in [1.807, 2.05) is 49.8 Å². The fourth-order valence-electron chi connectivity index (χ4n) is 2.10. The van der Waals surface area contributed by atoms with Crippen molar-refractivity contribution in [3.05, 3.63) is 52.3 Å². The summed E-state index contributed by atoms with van der Waals surface area (Å²) >= 11 is 3.49. The second-order valence-corrected chi connectivity index (χ2v) is 5.32. The Kier molecular flexibility index (Phi) is 4.55. The number of nitrogens with zero attached hydrogens (tertiary/aromatic N) is 3. The lowest BCUT2D eigenvalue weighted by atomic mass is 10.2. The fourth-order valence-corrected chi connectivity index (χ4v) is 2.45. The fraction of sp³-hybridized carbons (Fsp3) is 0.250. The van der Waals surface area contributed by atoms with Crippen LogP contribution in [0, 0.1) is 13.8 Å². The second kappa shape index (κ2) is 6.18. The molecule has 3 nitrogen and oxygen atoms in total. The average molecular weight is 332 g/mol. The highest BCUT2D eigenvalue weighted by atomic mass is 79.9. The summed E-state index contributed by atoms with van der Waals surface area (Å²) in [6.45, 7) is 8.07. The standard InChI is InChI=1S/C14H12BrN3.C2H6/c1-9-5-10(2)17-14(6-9)18-13-7-12(15)4-3-11(13)8-16-18;1-2/h3-8H,1-2H3;1-2H3. The Bertz CT molecular complexity index is 711. The lowest BCUT2D eigenvalue weighted by molar-refractivity contribution is 0.864. The van der Waals surface area contributed by atoms with Crippen LogP contribution in [-0.4, -0.2) is 14.8 Å². The van der Waals surface area contributed by atoms with Crippen LogP contribution in [0.2, 0.25) is 0 Å². The predicted molar refractivity (Wildman–Crippen MR) is 87.4 cm³/mol. The minimum absolute atomic E-state index is 0.862. The monoisotopic (exact) mass is 331 g/mol. The summed E-state index contributed by atoms with van der Waals surface area (Å²) in [6.07, 6.45) is 1.86. The number of halogens is 1. The van der Waals surface area contributed by atoms with Gasteiger partial charge in [-0.3, -0.25) is 0 Å². The van der Waals surface area contributed by atoms with E-state index in [-0.39, 0.29) is 0 Å². The van der Waals surface area contributed by atoms with Crippen molar-refractivity contribution in [3.8, 4) is 5.82 Å². The number of hydrogen-bond donors (Lipinski definition) is 0. The van der Waals surface area contributed by atoms with Gasteiger partial charge >= 0.3 is 0 Å². The van der Waals surface area contributed by atoms with Crippen LogP contribution in [-0.2, 0) is 0 Å². The van der Waals surface area contributed by atoms with Crippen LogP contribution in [0.3, 0.4) is 0 Å². The number of hydrogen-bond acceptors (Lipinski definition) is 2. The Morgan fingerprint density at radius 3 is 2.50 bits per heavy atom. The second-order valence-electron chi connectivity index (χ2n) is 4.40. The molecule has 2 aromatic heterocycles. The highest BCUT2D eigenvalue weighted by Gasteiger charge is 2.07. The van der Waals surface area contributed by atoms with E-state index in [9.17, 15) is 0 Å². The highest BCUT2D eigenvalue weighted by Crippen LogP contribution is 2.22. The van der Waals surface area contributed by atoms with E-state index in [0.717, 1.165) is 26.9 Å². The quantitative estimate of drug-likeness (QED) is 0.639. The smallest absolute Gasteiger partial charge is 0.154 e. The third-order valence-corrected chi connectivity index (χ3v) is 3.33. The zero-order valence-corrected chi connectivity index (χ0v) is 13.8. The maximum absolute atomic E-state index is 4.54. The molecule has 0 unspecified atom stereocenters. The van der Waals surface area contributed by atoms with Crippen molar-refractivity contribution in [2.45, 2.75) is 27.7 Å². The maximum Gasteiger partial charge on any atom is 0.154 e. The Labute approximate surface area is 127 Å². The van der Waals surface area contributed by atoms with Crippen molar-refractivity contribution in [3.63, 3.8) is 0 Å². The molecule has 0 radical (unpaired) electrons. The van der Waals surface area contributed by atoms with Gasteiger partial charge in [0.1, 0.15) is 0 Å². The molecule has 0 N–H and O–H groups in total. The van der Waals surface area contributed by atoms with Gasteiger partial charge in [-0.25, -0.2) is 9.67 Å². The number of fused-ring (bicyclic) bond motifs is 1. The summed E-state index contributed by atoms with van der Waals surface area (Å²) < 4.78 is 2.92. The number of pyridine rings is 1. The summed E-state index contributed by atoms with van der Waals surface area (Å²) in [4.78, 5) is 4.54.